The number of likely N-dealkylation sites (tertiary alicyclic amines) is 1. The number of nitrogens with zero attached hydrogens (tertiary/aromatic N) is 1. The number of ether oxygens (including phenoxy) is 1. The van der Waals surface area contributed by atoms with E-state index in [1.165, 1.54) is 17.0 Å². The predicted molar refractivity (Wildman–Crippen MR) is 78.4 cm³/mol. The Morgan fingerprint density at radius 3 is 2.86 bits per heavy atom. The van der Waals surface area contributed by atoms with Gasteiger partial charge in [0.15, 0.2) is 6.10 Å². The van der Waals surface area contributed by atoms with Gasteiger partial charge in [-0.3, -0.25) is 9.59 Å². The van der Waals surface area contributed by atoms with Crippen LogP contribution in [0.2, 0.25) is 5.02 Å². The highest BCUT2D eigenvalue weighted by Crippen LogP contribution is 2.26. The molecule has 1 unspecified atom stereocenters. The van der Waals surface area contributed by atoms with Crippen molar-refractivity contribution in [2.75, 3.05) is 13.1 Å². The lowest BCUT2D eigenvalue weighted by Gasteiger charge is -2.32. The van der Waals surface area contributed by atoms with Crippen LogP contribution in [-0.4, -0.2) is 41.1 Å². The second-order valence-electron chi connectivity index (χ2n) is 5.30. The van der Waals surface area contributed by atoms with E-state index in [4.69, 9.17) is 21.4 Å². The summed E-state index contributed by atoms with van der Waals surface area (Å²) in [5, 5.41) is 9.14. The van der Waals surface area contributed by atoms with E-state index in [0.29, 0.717) is 19.4 Å². The lowest BCUT2D eigenvalue weighted by atomic mass is 9.98. The van der Waals surface area contributed by atoms with Gasteiger partial charge in [-0.05, 0) is 38.0 Å². The number of carboxylic acids is 1. The number of rotatable bonds is 4. The van der Waals surface area contributed by atoms with E-state index < -0.39 is 23.8 Å². The summed E-state index contributed by atoms with van der Waals surface area (Å²) < 4.78 is 18.5. The van der Waals surface area contributed by atoms with Crippen molar-refractivity contribution in [2.24, 2.45) is 5.92 Å². The Kier molecular flexibility index (Phi) is 5.24. The number of piperidine rings is 1. The molecule has 2 rings (SSSR count). The number of aliphatic carboxylic acids is 1. The SMILES string of the molecule is CC(Oc1ccc(F)cc1Cl)C(=O)N1CCC[C@H](C(=O)O)C1. The number of halogens is 2. The number of carbonyl (C=O) groups is 2. The molecule has 120 valence electrons. The molecule has 0 aromatic heterocycles. The molecule has 1 aromatic carbocycles. The summed E-state index contributed by atoms with van der Waals surface area (Å²) in [6.45, 7) is 2.25. The topological polar surface area (TPSA) is 66.8 Å². The molecule has 1 saturated heterocycles. The maximum Gasteiger partial charge on any atom is 0.308 e. The number of hydrogen-bond acceptors (Lipinski definition) is 3. The fourth-order valence-electron chi connectivity index (χ4n) is 2.45. The van der Waals surface area contributed by atoms with Crippen molar-refractivity contribution in [3.63, 3.8) is 0 Å². The molecule has 5 nitrogen and oxygen atoms in total. The Labute approximate surface area is 132 Å². The highest BCUT2D eigenvalue weighted by molar-refractivity contribution is 6.32. The molecule has 22 heavy (non-hydrogen) atoms. The standard InChI is InChI=1S/C15H17ClFNO4/c1-9(22-13-5-4-11(17)7-12(13)16)14(19)18-6-2-3-10(8-18)15(20)21/h4-5,7,9-10H,2-3,6,8H2,1H3,(H,20,21)/t9?,10-/m0/s1. The fraction of sp³-hybridized carbons (Fsp3) is 0.467. The van der Waals surface area contributed by atoms with Gasteiger partial charge in [-0.25, -0.2) is 4.39 Å². The first kappa shape index (κ1) is 16.5. The summed E-state index contributed by atoms with van der Waals surface area (Å²) in [6, 6.07) is 3.66. The van der Waals surface area contributed by atoms with E-state index >= 15 is 0 Å². The Morgan fingerprint density at radius 1 is 1.50 bits per heavy atom. The monoisotopic (exact) mass is 329 g/mol. The number of hydrogen-bond donors (Lipinski definition) is 1. The predicted octanol–water partition coefficient (Wildman–Crippen LogP) is 2.57. The van der Waals surface area contributed by atoms with Crippen LogP contribution >= 0.6 is 11.6 Å². The van der Waals surface area contributed by atoms with Crippen molar-refractivity contribution in [1.29, 1.82) is 0 Å². The molecule has 1 aromatic rings. The summed E-state index contributed by atoms with van der Waals surface area (Å²) in [5.41, 5.74) is 0. The van der Waals surface area contributed by atoms with Crippen molar-refractivity contribution in [1.82, 2.24) is 4.90 Å². The Morgan fingerprint density at radius 2 is 2.23 bits per heavy atom. The number of amides is 1. The third kappa shape index (κ3) is 3.88. The lowest BCUT2D eigenvalue weighted by molar-refractivity contribution is -0.147. The van der Waals surface area contributed by atoms with Gasteiger partial charge < -0.3 is 14.7 Å². The van der Waals surface area contributed by atoms with E-state index in [2.05, 4.69) is 0 Å². The average molecular weight is 330 g/mol. The summed E-state index contributed by atoms with van der Waals surface area (Å²) in [7, 11) is 0. The molecule has 0 spiro atoms. The molecule has 1 aliphatic heterocycles. The van der Waals surface area contributed by atoms with E-state index in [-0.39, 0.29) is 23.2 Å². The molecule has 0 aliphatic carbocycles. The van der Waals surface area contributed by atoms with E-state index in [0.717, 1.165) is 6.07 Å². The van der Waals surface area contributed by atoms with E-state index in [1.807, 2.05) is 0 Å². The molecular formula is C15H17ClFNO4. The van der Waals surface area contributed by atoms with Crippen molar-refractivity contribution in [3.8, 4) is 5.75 Å². The molecule has 0 saturated carbocycles. The molecule has 1 heterocycles. The summed E-state index contributed by atoms with van der Waals surface area (Å²) in [4.78, 5) is 24.9. The number of benzene rings is 1. The zero-order chi connectivity index (χ0) is 16.3. The molecule has 1 amide bonds. The van der Waals surface area contributed by atoms with Gasteiger partial charge in [0, 0.05) is 13.1 Å². The van der Waals surface area contributed by atoms with Crippen LogP contribution in [0.4, 0.5) is 4.39 Å². The normalized spacial score (nSPS) is 19.6. The van der Waals surface area contributed by atoms with Crippen molar-refractivity contribution < 1.29 is 23.8 Å². The molecule has 2 atom stereocenters. The molecule has 1 aliphatic rings. The van der Waals surface area contributed by atoms with Crippen LogP contribution in [0, 0.1) is 11.7 Å². The largest absolute Gasteiger partial charge is 0.481 e. The van der Waals surface area contributed by atoms with Crippen LogP contribution in [0.15, 0.2) is 18.2 Å². The highest BCUT2D eigenvalue weighted by atomic mass is 35.5. The summed E-state index contributed by atoms with van der Waals surface area (Å²) in [6.07, 6.45) is 0.390. The first-order valence-corrected chi connectivity index (χ1v) is 7.39. The van der Waals surface area contributed by atoms with Crippen LogP contribution in [0.1, 0.15) is 19.8 Å². The molecule has 1 N–H and O–H groups in total. The van der Waals surface area contributed by atoms with Crippen LogP contribution < -0.4 is 4.74 Å². The molecule has 7 heteroatoms. The van der Waals surface area contributed by atoms with E-state index in [1.54, 1.807) is 6.92 Å². The second kappa shape index (κ2) is 6.96. The summed E-state index contributed by atoms with van der Waals surface area (Å²) >= 11 is 5.86. The number of carbonyl (C=O) groups excluding carboxylic acids is 1. The highest BCUT2D eigenvalue weighted by Gasteiger charge is 2.31. The fourth-order valence-corrected chi connectivity index (χ4v) is 2.66. The van der Waals surface area contributed by atoms with Gasteiger partial charge >= 0.3 is 5.97 Å². The molecule has 0 bridgehead atoms. The van der Waals surface area contributed by atoms with Gasteiger partial charge in [0.2, 0.25) is 0 Å². The Balaban J connectivity index is 2.01. The average Bonchev–Trinajstić information content (AvgIpc) is 2.49. The third-order valence-electron chi connectivity index (χ3n) is 3.63. The second-order valence-corrected chi connectivity index (χ2v) is 5.70. The van der Waals surface area contributed by atoms with Gasteiger partial charge in [0.05, 0.1) is 10.9 Å². The lowest BCUT2D eigenvalue weighted by Crippen LogP contribution is -2.47. The maximum absolute atomic E-state index is 13.0. The van der Waals surface area contributed by atoms with Crippen LogP contribution in [-0.2, 0) is 9.59 Å². The Hall–Kier alpha value is -1.82. The third-order valence-corrected chi connectivity index (χ3v) is 3.92. The summed E-state index contributed by atoms with van der Waals surface area (Å²) in [5.74, 6) is -2.01. The van der Waals surface area contributed by atoms with Gasteiger partial charge in [0.25, 0.3) is 5.91 Å². The maximum atomic E-state index is 13.0. The van der Waals surface area contributed by atoms with Gasteiger partial charge in [-0.1, -0.05) is 11.6 Å². The van der Waals surface area contributed by atoms with E-state index in [9.17, 15) is 14.0 Å². The quantitative estimate of drug-likeness (QED) is 0.922. The molecule has 0 radical (unpaired) electrons. The van der Waals surface area contributed by atoms with Crippen LogP contribution in [0.3, 0.4) is 0 Å². The first-order valence-electron chi connectivity index (χ1n) is 7.01. The smallest absolute Gasteiger partial charge is 0.308 e. The Bertz CT molecular complexity index is 581. The zero-order valence-corrected chi connectivity index (χ0v) is 12.8. The molecular weight excluding hydrogens is 313 g/mol. The van der Waals surface area contributed by atoms with Gasteiger partial charge in [0.1, 0.15) is 11.6 Å². The number of carboxylic acid groups (broad SMARTS) is 1. The van der Waals surface area contributed by atoms with Gasteiger partial charge in [-0.2, -0.15) is 0 Å². The minimum absolute atomic E-state index is 0.0849. The minimum atomic E-state index is -0.896. The minimum Gasteiger partial charge on any atom is -0.481 e. The van der Waals surface area contributed by atoms with Crippen molar-refractivity contribution in [3.05, 3.63) is 29.0 Å². The molecule has 1 fully saturated rings. The van der Waals surface area contributed by atoms with Crippen LogP contribution in [0.5, 0.6) is 5.75 Å². The first-order chi connectivity index (χ1) is 10.4. The zero-order valence-electron chi connectivity index (χ0n) is 12.1. The van der Waals surface area contributed by atoms with Crippen molar-refractivity contribution in [2.45, 2.75) is 25.9 Å². The van der Waals surface area contributed by atoms with Crippen LogP contribution in [0.25, 0.3) is 0 Å². The van der Waals surface area contributed by atoms with Gasteiger partial charge in [-0.15, -0.1) is 0 Å². The van der Waals surface area contributed by atoms with Crippen molar-refractivity contribution >= 4 is 23.5 Å².